The summed E-state index contributed by atoms with van der Waals surface area (Å²) >= 11 is 0. The Labute approximate surface area is 116 Å². The van der Waals surface area contributed by atoms with Gasteiger partial charge in [0.15, 0.2) is 0 Å². The van der Waals surface area contributed by atoms with Gasteiger partial charge in [-0.2, -0.15) is 0 Å². The van der Waals surface area contributed by atoms with Crippen LogP contribution in [0, 0.1) is 0 Å². The molecule has 1 N–H and O–H groups in total. The summed E-state index contributed by atoms with van der Waals surface area (Å²) < 4.78 is 5.72. The molecule has 5 nitrogen and oxygen atoms in total. The molecule has 0 bridgehead atoms. The topological polar surface area (TPSA) is 44.8 Å². The lowest BCUT2D eigenvalue weighted by Gasteiger charge is -2.35. The maximum atomic E-state index is 12.0. The second-order valence-electron chi connectivity index (χ2n) is 5.75. The van der Waals surface area contributed by atoms with Gasteiger partial charge in [-0.3, -0.25) is 9.69 Å². The summed E-state index contributed by atoms with van der Waals surface area (Å²) in [4.78, 5) is 16.4. The molecule has 2 saturated heterocycles. The van der Waals surface area contributed by atoms with Crippen molar-refractivity contribution in [3.05, 3.63) is 0 Å². The molecule has 5 heteroatoms. The van der Waals surface area contributed by atoms with Crippen molar-refractivity contribution in [3.63, 3.8) is 0 Å². The predicted molar refractivity (Wildman–Crippen MR) is 75.1 cm³/mol. The average Bonchev–Trinajstić information content (AvgIpc) is 2.38. The summed E-state index contributed by atoms with van der Waals surface area (Å²) in [5.41, 5.74) is 0. The number of rotatable bonds is 4. The minimum absolute atomic E-state index is 0.313. The molecule has 1 amide bonds. The van der Waals surface area contributed by atoms with Crippen molar-refractivity contribution < 1.29 is 9.53 Å². The van der Waals surface area contributed by atoms with Crippen LogP contribution in [0.5, 0.6) is 0 Å². The molecule has 0 radical (unpaired) electrons. The van der Waals surface area contributed by atoms with Crippen molar-refractivity contribution in [1.82, 2.24) is 15.1 Å². The molecule has 2 fully saturated rings. The van der Waals surface area contributed by atoms with Crippen LogP contribution in [0.2, 0.25) is 0 Å². The number of hydrogen-bond acceptors (Lipinski definition) is 4. The minimum atomic E-state index is 0.313. The Hall–Kier alpha value is -0.650. The Morgan fingerprint density at radius 1 is 1.21 bits per heavy atom. The highest BCUT2D eigenvalue weighted by Gasteiger charge is 2.22. The van der Waals surface area contributed by atoms with Gasteiger partial charge in [0.25, 0.3) is 0 Å². The largest absolute Gasteiger partial charge is 0.373 e. The smallest absolute Gasteiger partial charge is 0.222 e. The van der Waals surface area contributed by atoms with E-state index in [0.29, 0.717) is 24.5 Å². The van der Waals surface area contributed by atoms with Crippen LogP contribution < -0.4 is 5.32 Å². The zero-order valence-corrected chi connectivity index (χ0v) is 12.2. The predicted octanol–water partition coefficient (Wildman–Crippen LogP) is 0.308. The third-order valence-electron chi connectivity index (χ3n) is 3.83. The Morgan fingerprint density at radius 2 is 1.84 bits per heavy atom. The number of carbonyl (C=O) groups is 1. The van der Waals surface area contributed by atoms with Gasteiger partial charge in [0.2, 0.25) is 5.91 Å². The zero-order valence-electron chi connectivity index (χ0n) is 12.2. The molecule has 2 aliphatic rings. The Balaban J connectivity index is 1.64. The minimum Gasteiger partial charge on any atom is -0.373 e. The lowest BCUT2D eigenvalue weighted by Crippen LogP contribution is -2.47. The molecule has 0 aromatic heterocycles. The van der Waals surface area contributed by atoms with Gasteiger partial charge in [-0.25, -0.2) is 0 Å². The van der Waals surface area contributed by atoms with Crippen LogP contribution >= 0.6 is 0 Å². The van der Waals surface area contributed by atoms with Crippen LogP contribution in [0.1, 0.15) is 26.7 Å². The molecule has 0 saturated carbocycles. The highest BCUT2D eigenvalue weighted by atomic mass is 16.5. The van der Waals surface area contributed by atoms with E-state index < -0.39 is 0 Å². The van der Waals surface area contributed by atoms with Crippen LogP contribution in [-0.2, 0) is 9.53 Å². The summed E-state index contributed by atoms with van der Waals surface area (Å²) in [6, 6.07) is 0. The molecule has 2 rings (SSSR count). The molecule has 2 aliphatic heterocycles. The van der Waals surface area contributed by atoms with Crippen molar-refractivity contribution in [2.45, 2.75) is 38.9 Å². The third kappa shape index (κ3) is 4.75. The molecule has 0 aromatic rings. The molecule has 2 heterocycles. The molecular weight excluding hydrogens is 242 g/mol. The van der Waals surface area contributed by atoms with Crippen molar-refractivity contribution in [1.29, 1.82) is 0 Å². The zero-order chi connectivity index (χ0) is 13.7. The number of ether oxygens (including phenoxy) is 1. The first kappa shape index (κ1) is 14.8. The third-order valence-corrected chi connectivity index (χ3v) is 3.83. The van der Waals surface area contributed by atoms with Crippen molar-refractivity contribution in [3.8, 4) is 0 Å². The molecule has 19 heavy (non-hydrogen) atoms. The maximum absolute atomic E-state index is 12.0. The van der Waals surface area contributed by atoms with Crippen LogP contribution in [0.4, 0.5) is 0 Å². The molecule has 0 aliphatic carbocycles. The number of hydrogen-bond donors (Lipinski definition) is 1. The normalized spacial score (nSPS) is 29.5. The highest BCUT2D eigenvalue weighted by Crippen LogP contribution is 2.11. The van der Waals surface area contributed by atoms with Gasteiger partial charge in [-0.05, 0) is 26.8 Å². The maximum Gasteiger partial charge on any atom is 0.222 e. The summed E-state index contributed by atoms with van der Waals surface area (Å²) in [5.74, 6) is 0.316. The lowest BCUT2D eigenvalue weighted by atomic mass is 10.2. The SMILES string of the molecule is CC1CN(CCCC(=O)N2CCNCC2)CC(C)O1. The molecular formula is C14H27N3O2. The van der Waals surface area contributed by atoms with Crippen molar-refractivity contribution in [2.24, 2.45) is 0 Å². The standard InChI is InChI=1S/C14H27N3O2/c1-12-10-16(11-13(2)19-12)7-3-4-14(18)17-8-5-15-6-9-17/h12-13,15H,3-11H2,1-2H3. The van der Waals surface area contributed by atoms with Crippen molar-refractivity contribution in [2.75, 3.05) is 45.8 Å². The van der Waals surface area contributed by atoms with Crippen LogP contribution in [0.15, 0.2) is 0 Å². The van der Waals surface area contributed by atoms with Crippen LogP contribution in [0.3, 0.4) is 0 Å². The quantitative estimate of drug-likeness (QED) is 0.798. The van der Waals surface area contributed by atoms with E-state index in [9.17, 15) is 4.79 Å². The summed E-state index contributed by atoms with van der Waals surface area (Å²) in [6.45, 7) is 10.8. The second kappa shape index (κ2) is 7.22. The number of piperazine rings is 1. The Morgan fingerprint density at radius 3 is 2.47 bits per heavy atom. The summed E-state index contributed by atoms with van der Waals surface area (Å²) in [7, 11) is 0. The van der Waals surface area contributed by atoms with E-state index in [4.69, 9.17) is 4.74 Å². The van der Waals surface area contributed by atoms with Gasteiger partial charge >= 0.3 is 0 Å². The highest BCUT2D eigenvalue weighted by molar-refractivity contribution is 5.76. The van der Waals surface area contributed by atoms with E-state index in [2.05, 4.69) is 24.1 Å². The Kier molecular flexibility index (Phi) is 5.60. The first-order valence-electron chi connectivity index (χ1n) is 7.51. The molecule has 110 valence electrons. The van der Waals surface area contributed by atoms with E-state index in [0.717, 1.165) is 52.2 Å². The van der Waals surface area contributed by atoms with E-state index in [1.54, 1.807) is 0 Å². The number of nitrogens with one attached hydrogen (secondary N) is 1. The molecule has 0 spiro atoms. The monoisotopic (exact) mass is 269 g/mol. The number of amides is 1. The van der Waals surface area contributed by atoms with E-state index >= 15 is 0 Å². The lowest BCUT2D eigenvalue weighted by molar-refractivity contribution is -0.132. The molecule has 2 atom stereocenters. The van der Waals surface area contributed by atoms with Gasteiger partial charge in [0.05, 0.1) is 12.2 Å². The average molecular weight is 269 g/mol. The Bertz CT molecular complexity index is 282. The first-order chi connectivity index (χ1) is 9.15. The van der Waals surface area contributed by atoms with Gasteiger partial charge in [0.1, 0.15) is 0 Å². The molecule has 2 unspecified atom stereocenters. The van der Waals surface area contributed by atoms with E-state index in [1.807, 2.05) is 4.90 Å². The van der Waals surface area contributed by atoms with Crippen LogP contribution in [-0.4, -0.2) is 73.7 Å². The number of nitrogens with zero attached hydrogens (tertiary/aromatic N) is 2. The van der Waals surface area contributed by atoms with Gasteiger partial charge in [-0.1, -0.05) is 0 Å². The summed E-state index contributed by atoms with van der Waals surface area (Å²) in [5, 5.41) is 3.27. The van der Waals surface area contributed by atoms with Gasteiger partial charge in [0, 0.05) is 45.7 Å². The fourth-order valence-corrected chi connectivity index (χ4v) is 2.99. The van der Waals surface area contributed by atoms with Crippen molar-refractivity contribution >= 4 is 5.91 Å². The van der Waals surface area contributed by atoms with Crippen LogP contribution in [0.25, 0.3) is 0 Å². The summed E-state index contributed by atoms with van der Waals surface area (Å²) in [6.07, 6.45) is 2.27. The van der Waals surface area contributed by atoms with Gasteiger partial charge in [-0.15, -0.1) is 0 Å². The van der Waals surface area contributed by atoms with E-state index in [-0.39, 0.29) is 0 Å². The fraction of sp³-hybridized carbons (Fsp3) is 0.929. The molecule has 0 aromatic carbocycles. The van der Waals surface area contributed by atoms with E-state index in [1.165, 1.54) is 0 Å². The number of carbonyl (C=O) groups excluding carboxylic acids is 1. The fourth-order valence-electron chi connectivity index (χ4n) is 2.99. The van der Waals surface area contributed by atoms with Gasteiger partial charge < -0.3 is 15.0 Å². The second-order valence-corrected chi connectivity index (χ2v) is 5.75. The first-order valence-corrected chi connectivity index (χ1v) is 7.51. The number of morpholine rings is 1.